The van der Waals surface area contributed by atoms with Gasteiger partial charge in [-0.3, -0.25) is 0 Å². The molecule has 0 bridgehead atoms. The maximum Gasteiger partial charge on any atom is 0.127 e. The zero-order valence-electron chi connectivity index (χ0n) is 10.9. The summed E-state index contributed by atoms with van der Waals surface area (Å²) in [7, 11) is 0. The third kappa shape index (κ3) is 2.02. The lowest BCUT2D eigenvalue weighted by Gasteiger charge is -2.36. The molecular formula is C14H19IO2. The van der Waals surface area contributed by atoms with Gasteiger partial charge in [-0.25, -0.2) is 0 Å². The number of fused-ring (bicyclic) bond motifs is 1. The summed E-state index contributed by atoms with van der Waals surface area (Å²) in [5.74, 6) is 1.44. The molecule has 2 rings (SSSR count). The van der Waals surface area contributed by atoms with Gasteiger partial charge in [-0.1, -0.05) is 22.6 Å². The molecule has 17 heavy (non-hydrogen) atoms. The van der Waals surface area contributed by atoms with E-state index in [4.69, 9.17) is 4.74 Å². The van der Waals surface area contributed by atoms with Crippen molar-refractivity contribution in [3.8, 4) is 11.5 Å². The minimum Gasteiger partial charge on any atom is -0.507 e. The number of phenols is 1. The molecule has 1 N–H and O–H groups in total. The Hall–Kier alpha value is -0.450. The van der Waals surface area contributed by atoms with Crippen LogP contribution in [0.5, 0.6) is 11.5 Å². The van der Waals surface area contributed by atoms with Gasteiger partial charge in [0.15, 0.2) is 0 Å². The lowest BCUT2D eigenvalue weighted by Crippen LogP contribution is -2.38. The smallest absolute Gasteiger partial charge is 0.127 e. The second-order valence-electron chi connectivity index (χ2n) is 5.22. The Labute approximate surface area is 117 Å². The molecule has 1 unspecified atom stereocenters. The van der Waals surface area contributed by atoms with Crippen molar-refractivity contribution < 1.29 is 9.84 Å². The number of halogens is 1. The molecule has 0 saturated carbocycles. The lowest BCUT2D eigenvalue weighted by molar-refractivity contribution is 0.0909. The van der Waals surface area contributed by atoms with Crippen molar-refractivity contribution in [2.75, 3.05) is 4.43 Å². The van der Waals surface area contributed by atoms with Crippen molar-refractivity contribution in [3.63, 3.8) is 0 Å². The second-order valence-corrected chi connectivity index (χ2v) is 5.98. The van der Waals surface area contributed by atoms with Crippen molar-refractivity contribution in [2.45, 2.75) is 46.1 Å². The third-order valence-electron chi connectivity index (χ3n) is 3.88. The largest absolute Gasteiger partial charge is 0.507 e. The number of phenolic OH excluding ortho intramolecular Hbond substituents is 1. The maximum atomic E-state index is 10.1. The van der Waals surface area contributed by atoms with E-state index in [1.807, 2.05) is 20.8 Å². The van der Waals surface area contributed by atoms with Gasteiger partial charge in [0.25, 0.3) is 0 Å². The highest BCUT2D eigenvalue weighted by atomic mass is 127. The summed E-state index contributed by atoms with van der Waals surface area (Å²) in [5.41, 5.74) is 4.14. The molecule has 0 saturated heterocycles. The number of hydrogen-bond acceptors (Lipinski definition) is 2. The van der Waals surface area contributed by atoms with Gasteiger partial charge < -0.3 is 9.84 Å². The normalized spacial score (nSPS) is 23.1. The van der Waals surface area contributed by atoms with Crippen LogP contribution in [0.1, 0.15) is 35.6 Å². The predicted octanol–water partition coefficient (Wildman–Crippen LogP) is 3.84. The fourth-order valence-corrected chi connectivity index (χ4v) is 2.93. The van der Waals surface area contributed by atoms with Crippen LogP contribution in [0, 0.1) is 20.8 Å². The molecule has 1 aromatic rings. The van der Waals surface area contributed by atoms with Gasteiger partial charge in [-0.15, -0.1) is 0 Å². The van der Waals surface area contributed by atoms with E-state index in [9.17, 15) is 5.11 Å². The van der Waals surface area contributed by atoms with Crippen molar-refractivity contribution in [3.05, 3.63) is 22.3 Å². The van der Waals surface area contributed by atoms with Crippen LogP contribution in [0.2, 0.25) is 0 Å². The topological polar surface area (TPSA) is 29.5 Å². The van der Waals surface area contributed by atoms with Crippen LogP contribution < -0.4 is 4.74 Å². The SMILES string of the molecule is Cc1c(C)c2c(c(C)c1O)CCC(C)(CI)O2. The summed E-state index contributed by atoms with van der Waals surface area (Å²) < 4.78 is 7.19. The molecule has 1 aromatic carbocycles. The van der Waals surface area contributed by atoms with Crippen LogP contribution in [-0.2, 0) is 6.42 Å². The Balaban J connectivity index is 2.59. The minimum absolute atomic E-state index is 0.0613. The van der Waals surface area contributed by atoms with E-state index >= 15 is 0 Å². The number of aromatic hydroxyl groups is 1. The number of ether oxygens (including phenoxy) is 1. The van der Waals surface area contributed by atoms with E-state index in [0.717, 1.165) is 39.7 Å². The molecule has 1 aliphatic heterocycles. The van der Waals surface area contributed by atoms with Crippen LogP contribution in [0.25, 0.3) is 0 Å². The van der Waals surface area contributed by atoms with Crippen LogP contribution in [0.3, 0.4) is 0 Å². The average Bonchev–Trinajstić information content (AvgIpc) is 2.33. The summed E-state index contributed by atoms with van der Waals surface area (Å²) in [6.07, 6.45) is 2.01. The van der Waals surface area contributed by atoms with E-state index in [2.05, 4.69) is 29.5 Å². The molecule has 0 fully saturated rings. The van der Waals surface area contributed by atoms with E-state index < -0.39 is 0 Å². The molecular weight excluding hydrogens is 327 g/mol. The van der Waals surface area contributed by atoms with Gasteiger partial charge in [0.1, 0.15) is 17.1 Å². The van der Waals surface area contributed by atoms with Gasteiger partial charge in [0.2, 0.25) is 0 Å². The summed E-state index contributed by atoms with van der Waals surface area (Å²) in [6.45, 7) is 8.14. The van der Waals surface area contributed by atoms with Gasteiger partial charge in [-0.2, -0.15) is 0 Å². The Bertz CT molecular complexity index is 468. The van der Waals surface area contributed by atoms with Gasteiger partial charge in [0, 0.05) is 9.99 Å². The monoisotopic (exact) mass is 346 g/mol. The highest BCUT2D eigenvalue weighted by Gasteiger charge is 2.33. The summed E-state index contributed by atoms with van der Waals surface area (Å²) >= 11 is 2.38. The summed E-state index contributed by atoms with van der Waals surface area (Å²) in [6, 6.07) is 0. The molecule has 0 spiro atoms. The van der Waals surface area contributed by atoms with Crippen LogP contribution >= 0.6 is 22.6 Å². The van der Waals surface area contributed by atoms with Crippen LogP contribution in [-0.4, -0.2) is 15.1 Å². The Morgan fingerprint density at radius 2 is 1.88 bits per heavy atom. The molecule has 1 heterocycles. The standard InChI is InChI=1S/C14H19IO2/c1-8-9(2)13-11(10(3)12(8)16)5-6-14(4,7-15)17-13/h16H,5-7H2,1-4H3. The molecule has 1 aliphatic rings. The number of alkyl halides is 1. The lowest BCUT2D eigenvalue weighted by atomic mass is 9.88. The molecule has 3 heteroatoms. The molecule has 1 atom stereocenters. The zero-order chi connectivity index (χ0) is 12.8. The third-order valence-corrected chi connectivity index (χ3v) is 5.49. The summed E-state index contributed by atoms with van der Waals surface area (Å²) in [4.78, 5) is 0. The first-order valence-corrected chi connectivity index (χ1v) is 7.49. The fourth-order valence-electron chi connectivity index (χ4n) is 2.39. The van der Waals surface area contributed by atoms with E-state index in [1.54, 1.807) is 0 Å². The van der Waals surface area contributed by atoms with Gasteiger partial charge >= 0.3 is 0 Å². The van der Waals surface area contributed by atoms with E-state index in [-0.39, 0.29) is 5.60 Å². The van der Waals surface area contributed by atoms with Crippen LogP contribution in [0.4, 0.5) is 0 Å². The minimum atomic E-state index is -0.0613. The van der Waals surface area contributed by atoms with Crippen molar-refractivity contribution in [1.29, 1.82) is 0 Å². The quantitative estimate of drug-likeness (QED) is 0.619. The summed E-state index contributed by atoms with van der Waals surface area (Å²) in [5, 5.41) is 10.1. The molecule has 94 valence electrons. The first-order chi connectivity index (χ1) is 7.89. The molecule has 2 nitrogen and oxygen atoms in total. The number of benzene rings is 1. The first kappa shape index (κ1) is 13.0. The highest BCUT2D eigenvalue weighted by Crippen LogP contribution is 2.43. The Morgan fingerprint density at radius 3 is 2.47 bits per heavy atom. The first-order valence-electron chi connectivity index (χ1n) is 5.96. The van der Waals surface area contributed by atoms with Gasteiger partial charge in [-0.05, 0) is 57.2 Å². The molecule has 0 amide bonds. The Kier molecular flexibility index (Phi) is 3.31. The van der Waals surface area contributed by atoms with Crippen molar-refractivity contribution in [1.82, 2.24) is 0 Å². The highest BCUT2D eigenvalue weighted by molar-refractivity contribution is 14.1. The second kappa shape index (κ2) is 4.34. The van der Waals surface area contributed by atoms with Crippen LogP contribution in [0.15, 0.2) is 0 Å². The van der Waals surface area contributed by atoms with E-state index in [0.29, 0.717) is 5.75 Å². The Morgan fingerprint density at radius 1 is 1.24 bits per heavy atom. The number of hydrogen-bond donors (Lipinski definition) is 1. The van der Waals surface area contributed by atoms with Crippen molar-refractivity contribution >= 4 is 22.6 Å². The van der Waals surface area contributed by atoms with Gasteiger partial charge in [0.05, 0.1) is 0 Å². The van der Waals surface area contributed by atoms with E-state index in [1.165, 1.54) is 5.56 Å². The molecule has 0 aromatic heterocycles. The molecule has 0 aliphatic carbocycles. The zero-order valence-corrected chi connectivity index (χ0v) is 13.0. The maximum absolute atomic E-state index is 10.1. The predicted molar refractivity (Wildman–Crippen MR) is 78.6 cm³/mol. The number of rotatable bonds is 1. The molecule has 0 radical (unpaired) electrons. The van der Waals surface area contributed by atoms with Crippen molar-refractivity contribution in [2.24, 2.45) is 0 Å². The average molecular weight is 346 g/mol. The fraction of sp³-hybridized carbons (Fsp3) is 0.571.